The summed E-state index contributed by atoms with van der Waals surface area (Å²) in [5.74, 6) is 18.6. The van der Waals surface area contributed by atoms with Gasteiger partial charge in [-0.2, -0.15) is 20.1 Å². The molecule has 0 unspecified atom stereocenters. The number of allylic oxidation sites excluding steroid dienone is 2. The fourth-order valence-electron chi connectivity index (χ4n) is 33.4. The molecule has 4 aromatic rings. The Hall–Kier alpha value is -4.85. The maximum Gasteiger partial charge on any atom is 0.159 e. The van der Waals surface area contributed by atoms with E-state index >= 15 is 0 Å². The van der Waals surface area contributed by atoms with Crippen molar-refractivity contribution in [2.75, 3.05) is 0 Å². The van der Waals surface area contributed by atoms with Crippen LogP contribution in [0.15, 0.2) is 55.7 Å². The molecule has 0 spiro atoms. The lowest BCUT2D eigenvalue weighted by Gasteiger charge is -2.57. The van der Waals surface area contributed by atoms with Crippen LogP contribution in [0.25, 0.3) is 0 Å². The molecule has 20 rings (SSSR count). The van der Waals surface area contributed by atoms with Gasteiger partial charge in [-0.25, -0.2) is 19.0 Å². The summed E-state index contributed by atoms with van der Waals surface area (Å²) in [7, 11) is 0. The highest BCUT2D eigenvalue weighted by Gasteiger charge is 2.64. The van der Waals surface area contributed by atoms with Gasteiger partial charge in [0.2, 0.25) is 0 Å². The van der Waals surface area contributed by atoms with Gasteiger partial charge in [0.25, 0.3) is 0 Å². The van der Waals surface area contributed by atoms with Gasteiger partial charge in [0.15, 0.2) is 11.6 Å². The van der Waals surface area contributed by atoms with Crippen molar-refractivity contribution >= 4 is 11.6 Å². The van der Waals surface area contributed by atoms with Gasteiger partial charge in [0, 0.05) is 11.8 Å². The molecular weight excluding hydrogens is 1420 g/mol. The largest absolute Gasteiger partial charge is 0.390 e. The van der Waals surface area contributed by atoms with Gasteiger partial charge in [0.05, 0.1) is 59.3 Å². The highest BCUT2D eigenvalue weighted by atomic mass is 16.3. The maximum absolute atomic E-state index is 13.3. The van der Waals surface area contributed by atoms with Crippen LogP contribution in [0, 0.1) is 178 Å². The number of ketones is 2. The predicted molar refractivity (Wildman–Crippen MR) is 441 cm³/mol. The lowest BCUT2D eigenvalue weighted by atomic mass is 9.49. The first-order valence-electron chi connectivity index (χ1n) is 46.9. The fourth-order valence-corrected chi connectivity index (χ4v) is 33.4. The van der Waals surface area contributed by atoms with Crippen molar-refractivity contribution in [2.24, 2.45) is 164 Å². The second-order valence-electron chi connectivity index (χ2n) is 44.8. The van der Waals surface area contributed by atoms with Crippen molar-refractivity contribution in [3.63, 3.8) is 0 Å². The van der Waals surface area contributed by atoms with E-state index in [-0.39, 0.29) is 22.7 Å². The molecule has 114 heavy (non-hydrogen) atoms. The number of carbonyl (C=O) groups excluding carboxylic acids is 2. The smallest absolute Gasteiger partial charge is 0.159 e. The molecule has 0 aliphatic heterocycles. The van der Waals surface area contributed by atoms with Crippen molar-refractivity contribution in [1.82, 2.24) is 65.0 Å². The normalized spacial score (nSPS) is 47.2. The molecule has 16 fully saturated rings. The monoisotopic (exact) mass is 1570 g/mol. The van der Waals surface area contributed by atoms with Crippen LogP contribution in [0.1, 0.15) is 298 Å². The second-order valence-corrected chi connectivity index (χ2v) is 44.8. The summed E-state index contributed by atoms with van der Waals surface area (Å²) in [5, 5.41) is 74.8. The minimum atomic E-state index is -0.444. The molecule has 19 heteroatoms. The summed E-state index contributed by atoms with van der Waals surface area (Å²) < 4.78 is 5.53. The molecular formula is C95H147N13O6. The van der Waals surface area contributed by atoms with Crippen LogP contribution < -0.4 is 0 Å². The molecule has 32 atom stereocenters. The SMILES string of the molecule is C=C(Cn1cncn1)[C@H]1CC[C@H]2[C@@H]3CC[C@@H]4C[C@](C)(O)CC[C@@H]4[C@H]3CC[C@]12C.C=C(Cn1cnnn1)[C@H]1CC[C@H]2[C@@H]3CC[C@@H]4C[C@](C)(O)CC[C@@H]4[C@H]3CC[C@]12C.Cc1cnn(CC(=O)[C@H]2CC[C@H]3[C@@H]4CC[C@@H]5C[C@](C)(O)CC[C@@H]5[C@H]4CC[C@]23C)n1.Cc1cnnn1CC(=O)[C@H]1CC[C@H]2[C@@H]3CC[C@@H]4C[C@](C)(O)CC[C@@H]4[C@H]3CC[C@]12C. The first kappa shape index (κ1) is 81.5. The number of Topliss-reactive ketones (excluding diaryl/α,β-unsaturated/α-hetero) is 2. The quantitative estimate of drug-likeness (QED) is 0.0963. The summed E-state index contributed by atoms with van der Waals surface area (Å²) in [6.45, 7) is 33.4. The van der Waals surface area contributed by atoms with Crippen LogP contribution in [0.4, 0.5) is 0 Å². The third kappa shape index (κ3) is 15.4. The number of rotatable bonds is 12. The van der Waals surface area contributed by atoms with Crippen LogP contribution in [0.5, 0.6) is 0 Å². The third-order valence-electron chi connectivity index (χ3n) is 38.4. The van der Waals surface area contributed by atoms with Gasteiger partial charge in [-0.1, -0.05) is 57.2 Å². The van der Waals surface area contributed by atoms with Crippen LogP contribution in [0.3, 0.4) is 0 Å². The summed E-state index contributed by atoms with van der Waals surface area (Å²) in [6, 6.07) is 0. The highest BCUT2D eigenvalue weighted by molar-refractivity contribution is 5.82. The van der Waals surface area contributed by atoms with Gasteiger partial charge in [-0.15, -0.1) is 10.2 Å². The first-order chi connectivity index (χ1) is 54.3. The number of fused-ring (bicyclic) bond motifs is 20. The Morgan fingerprint density at radius 3 is 1.10 bits per heavy atom. The average Bonchev–Trinajstić information content (AvgIpc) is 1.44. The standard InChI is InChI=1S/2C24H37N3O2.C24H37N3O.C23H36N4O/c1-15-13-25-26-27(15)14-22(28)21-7-6-20-19-5-4-16-12-23(2,29)10-8-17(16)18(19)9-11-24(20,21)3;1-15-13-25-27(26-15)14-22(28)21-7-6-20-19-5-4-16-12-23(2,29)10-8-17(16)18(19)9-11-24(20,21)3;1-16(13-27-15-25-14-26-27)21-6-7-22-20-5-4-17-12-23(2,28)10-8-18(17)19(20)9-11-24(21,22)3;1-15(13-27-14-24-25-26-27)20-6-7-21-19-5-4-16-12-22(2,28)10-8-17(16)18(19)9-11-23(20,21)3/h2*13,16-21,29H,4-12,14H2,1-3H3;14-15,17-22,28H,1,4-13H2,2-3H3;14,16-21,28H,1,4-13H2,2-3H3/t2*16-,17+,18-,19-,20+,21-,23-,24+;17-,18+,19-,20-,21-,22+,23-,24-;16-,17+,18-,19-,20-,21+,22-,23-/m1111/s1. The number of hydrogen-bond donors (Lipinski definition) is 4. The third-order valence-corrected chi connectivity index (χ3v) is 38.4. The number of nitrogens with zero attached hydrogens (tertiary/aromatic N) is 13. The lowest BCUT2D eigenvalue weighted by Crippen LogP contribution is -2.51. The summed E-state index contributed by atoms with van der Waals surface area (Å²) in [4.78, 5) is 32.2. The van der Waals surface area contributed by atoms with E-state index in [2.05, 4.69) is 101 Å². The molecule has 4 heterocycles. The van der Waals surface area contributed by atoms with Crippen LogP contribution in [0.2, 0.25) is 0 Å². The van der Waals surface area contributed by atoms with Crippen LogP contribution >= 0.6 is 0 Å². The highest BCUT2D eigenvalue weighted by Crippen LogP contribution is 2.71. The lowest BCUT2D eigenvalue weighted by molar-refractivity contribution is -0.133. The Bertz CT molecular complexity index is 3920. The molecule has 0 aromatic carbocycles. The molecule has 0 radical (unpaired) electrons. The van der Waals surface area contributed by atoms with Crippen LogP contribution in [-0.4, -0.2) is 119 Å². The Morgan fingerprint density at radius 1 is 0.386 bits per heavy atom. The minimum Gasteiger partial charge on any atom is -0.390 e. The number of hydrogen-bond acceptors (Lipinski definition) is 15. The minimum absolute atomic E-state index is 0.160. The Labute approximate surface area is 682 Å². The molecule has 16 aliphatic rings. The van der Waals surface area contributed by atoms with Crippen LogP contribution in [-0.2, 0) is 35.8 Å². The summed E-state index contributed by atoms with van der Waals surface area (Å²) in [5.41, 5.74) is 3.96. The Morgan fingerprint density at radius 2 is 0.754 bits per heavy atom. The summed E-state index contributed by atoms with van der Waals surface area (Å²) >= 11 is 0. The van der Waals surface area contributed by atoms with Gasteiger partial charge in [-0.3, -0.25) is 9.59 Å². The fraction of sp³-hybridized carbons (Fsp3) is 0.863. The average molecular weight is 1570 g/mol. The maximum atomic E-state index is 13.3. The van der Waals surface area contributed by atoms with Crippen molar-refractivity contribution in [2.45, 2.75) is 349 Å². The molecule has 628 valence electrons. The zero-order valence-corrected chi connectivity index (χ0v) is 71.9. The molecule has 16 aliphatic carbocycles. The van der Waals surface area contributed by atoms with Crippen molar-refractivity contribution < 1.29 is 30.0 Å². The number of aliphatic hydroxyl groups is 4. The number of aromatic nitrogens is 13. The topological polar surface area (TPSA) is 251 Å². The number of tetrazole rings is 1. The molecule has 16 saturated carbocycles. The Balaban J connectivity index is 0.000000110. The second kappa shape index (κ2) is 31.3. The Kier molecular flexibility index (Phi) is 22.4. The molecule has 0 saturated heterocycles. The van der Waals surface area contributed by atoms with E-state index in [1.54, 1.807) is 34.5 Å². The molecule has 19 nitrogen and oxygen atoms in total. The van der Waals surface area contributed by atoms with Gasteiger partial charge in [-0.05, 0) is 435 Å². The van der Waals surface area contributed by atoms with Crippen molar-refractivity contribution in [3.8, 4) is 0 Å². The number of aryl methyl sites for hydroxylation is 2. The zero-order valence-electron chi connectivity index (χ0n) is 71.9. The van der Waals surface area contributed by atoms with Crippen molar-refractivity contribution in [1.29, 1.82) is 0 Å². The van der Waals surface area contributed by atoms with E-state index in [4.69, 9.17) is 0 Å². The van der Waals surface area contributed by atoms with E-state index in [1.807, 2.05) is 43.4 Å². The predicted octanol–water partition coefficient (Wildman–Crippen LogP) is 17.5. The molecule has 4 N–H and O–H groups in total. The van der Waals surface area contributed by atoms with E-state index < -0.39 is 22.4 Å². The van der Waals surface area contributed by atoms with Gasteiger partial charge in [0.1, 0.15) is 32.1 Å². The first-order valence-corrected chi connectivity index (χ1v) is 46.9. The molecule has 0 amide bonds. The zero-order chi connectivity index (χ0) is 79.8. The van der Waals surface area contributed by atoms with Gasteiger partial charge >= 0.3 is 0 Å². The van der Waals surface area contributed by atoms with E-state index in [0.717, 1.165) is 195 Å². The van der Waals surface area contributed by atoms with E-state index in [1.165, 1.54) is 178 Å². The van der Waals surface area contributed by atoms with E-state index in [0.29, 0.717) is 59.2 Å². The summed E-state index contributed by atoms with van der Waals surface area (Å²) in [6.07, 6.45) is 52.5. The van der Waals surface area contributed by atoms with Gasteiger partial charge < -0.3 is 20.4 Å². The van der Waals surface area contributed by atoms with E-state index in [9.17, 15) is 30.0 Å². The molecule has 0 bridgehead atoms. The van der Waals surface area contributed by atoms with Crippen molar-refractivity contribution in [3.05, 3.63) is 67.1 Å². The number of carbonyl (C=O) groups is 2. The molecule has 4 aromatic heterocycles.